The minimum absolute atomic E-state index is 0.0605. The first-order valence-corrected chi connectivity index (χ1v) is 35.2. The predicted molar refractivity (Wildman–Crippen MR) is 384 cm³/mol. The van der Waals surface area contributed by atoms with Crippen LogP contribution in [-0.2, 0) is 84.8 Å². The maximum Gasteiger partial charge on any atom is 0.326 e. The summed E-state index contributed by atoms with van der Waals surface area (Å²) in [5.74, 6) is -15.2. The number of benzene rings is 2. The number of hydrogen-bond acceptors (Lipinski definition) is 18. The zero-order chi connectivity index (χ0) is 77.9. The van der Waals surface area contributed by atoms with Gasteiger partial charge in [-0.25, -0.2) is 4.79 Å². The van der Waals surface area contributed by atoms with Gasteiger partial charge in [0.1, 0.15) is 72.5 Å². The van der Waals surface area contributed by atoms with Gasteiger partial charge in [-0.1, -0.05) is 96.5 Å². The molecule has 34 nitrogen and oxygen atoms in total. The maximum absolute atomic E-state index is 14.8. The van der Waals surface area contributed by atoms with E-state index < -0.39 is 192 Å². The Hall–Kier alpha value is -10.1. The van der Waals surface area contributed by atoms with Gasteiger partial charge in [0, 0.05) is 42.8 Å². The lowest BCUT2D eigenvalue weighted by Gasteiger charge is -2.29. The lowest BCUT2D eigenvalue weighted by Crippen LogP contribution is -2.61. The SMILES string of the molecule is CC[C@H](C)[C@H](NC(=O)[C@H](Cc1ccccc1)NC(=O)[C@H](CCC(=O)O)NC(=O)[C@H](CCCCN)NC(=O)[C@H](C)NC(=O)[C@H](C)NC(=O)[C@H](CCC(N)=O)NC(=O)CN)C(=O)N[C@@H](C)C(=O)N[C@@H](Cc1c[nH]c2ccccc12)C(=O)N[C@@H](CC(C)C)C(=O)N[C@H](C(=O)N[C@@H](CCCCN)C(=O)O)C(C)C. The Morgan fingerprint density at radius 2 is 0.856 bits per heavy atom. The fraction of sp³-hybridized carbons (Fsp3) is 0.586. The topological polar surface area (TPSA) is 561 Å². The van der Waals surface area contributed by atoms with E-state index in [2.05, 4.69) is 68.8 Å². The molecule has 104 heavy (non-hydrogen) atoms. The van der Waals surface area contributed by atoms with Crippen molar-refractivity contribution >= 4 is 99.6 Å². The number of unbranched alkanes of at least 4 members (excludes halogenated alkanes) is 2. The molecule has 0 bridgehead atoms. The highest BCUT2D eigenvalue weighted by Crippen LogP contribution is 2.21. The van der Waals surface area contributed by atoms with Crippen molar-refractivity contribution in [1.29, 1.82) is 0 Å². The number of aromatic nitrogens is 1. The normalized spacial score (nSPS) is 15.0. The number of aromatic amines is 1. The standard InChI is InChI=1S/C70H109N17O17/c1-10-39(6)58(69(102)78-42(9)61(94)83-53(34-44-36-75-46-23-15-14-22-45(44)46)65(98)84-51(32-37(2)3)66(99)86-57(38(4)5)68(101)82-50(70(103)104)25-17-19-31-72)87-67(100)52(33-43-20-12-11-13-21-43)85-64(97)49(27-29-56(90)91)81-63(96)47(24-16-18-30-71)80-60(93)41(8)76-59(92)40(7)77-62(95)48(26-28-54(74)88)79-55(89)35-73/h11-15,20-23,36-42,47-53,57-58,75H,10,16-19,24-35,71-73H2,1-9H3,(H2,74,88)(H,76,92)(H,77,95)(H,78,102)(H,79,89)(H,80,93)(H,81,96)(H,82,101)(H,83,94)(H,84,98)(H,85,97)(H,86,99)(H,87,100)(H,90,91)(H,103,104)/t39-,40-,41-,42-,47-,48-,49-,50-,51-,52-,53-,57-,58-/m0/s1. The van der Waals surface area contributed by atoms with Gasteiger partial charge in [-0.15, -0.1) is 0 Å². The fourth-order valence-corrected chi connectivity index (χ4v) is 10.9. The van der Waals surface area contributed by atoms with Crippen LogP contribution in [0.15, 0.2) is 60.8 Å². The van der Waals surface area contributed by atoms with Crippen LogP contribution in [-0.4, -0.2) is 196 Å². The molecule has 0 aliphatic carbocycles. The summed E-state index contributed by atoms with van der Waals surface area (Å²) < 4.78 is 0. The van der Waals surface area contributed by atoms with E-state index in [4.69, 9.17) is 22.9 Å². The van der Waals surface area contributed by atoms with Crippen LogP contribution in [0.1, 0.15) is 150 Å². The van der Waals surface area contributed by atoms with Gasteiger partial charge in [0.25, 0.3) is 0 Å². The molecule has 1 heterocycles. The Balaban J connectivity index is 1.93. The Labute approximate surface area is 605 Å². The number of rotatable bonds is 48. The smallest absolute Gasteiger partial charge is 0.326 e. The van der Waals surface area contributed by atoms with E-state index >= 15 is 0 Å². The highest BCUT2D eigenvalue weighted by molar-refractivity contribution is 6.00. The summed E-state index contributed by atoms with van der Waals surface area (Å²) in [6.07, 6.45) is 1.51. The molecule has 576 valence electrons. The van der Waals surface area contributed by atoms with Crippen LogP contribution in [0.3, 0.4) is 0 Å². The van der Waals surface area contributed by atoms with E-state index in [1.165, 1.54) is 20.8 Å². The van der Waals surface area contributed by atoms with Crippen molar-refractivity contribution in [3.8, 4) is 0 Å². The van der Waals surface area contributed by atoms with E-state index in [9.17, 15) is 82.1 Å². The average Bonchev–Trinajstić information content (AvgIpc) is 1.64. The van der Waals surface area contributed by atoms with Crippen LogP contribution in [0.4, 0.5) is 0 Å². The minimum Gasteiger partial charge on any atom is -0.481 e. The quantitative estimate of drug-likeness (QED) is 0.0272. The molecule has 0 radical (unpaired) electrons. The van der Waals surface area contributed by atoms with Gasteiger partial charge in [-0.3, -0.25) is 67.1 Å². The molecule has 0 saturated carbocycles. The Kier molecular flexibility index (Phi) is 38.2. The van der Waals surface area contributed by atoms with Gasteiger partial charge < -0.3 is 102 Å². The number of aliphatic carboxylic acids is 2. The molecular formula is C70H109N17O17. The molecule has 3 aromatic rings. The lowest BCUT2D eigenvalue weighted by atomic mass is 9.96. The van der Waals surface area contributed by atoms with Gasteiger partial charge in [-0.2, -0.15) is 0 Å². The number of H-pyrrole nitrogens is 1. The number of para-hydroxylation sites is 1. The largest absolute Gasteiger partial charge is 0.481 e. The number of nitrogens with one attached hydrogen (secondary N) is 13. The fourth-order valence-electron chi connectivity index (χ4n) is 10.9. The van der Waals surface area contributed by atoms with Gasteiger partial charge in [0.2, 0.25) is 76.8 Å². The maximum atomic E-state index is 14.8. The second-order valence-electron chi connectivity index (χ2n) is 26.7. The Morgan fingerprint density at radius 1 is 0.433 bits per heavy atom. The van der Waals surface area contributed by atoms with Crippen LogP contribution < -0.4 is 86.7 Å². The predicted octanol–water partition coefficient (Wildman–Crippen LogP) is -1.99. The van der Waals surface area contributed by atoms with Crippen molar-refractivity contribution in [2.75, 3.05) is 19.6 Å². The number of amides is 13. The van der Waals surface area contributed by atoms with Crippen LogP contribution in [0.5, 0.6) is 0 Å². The third kappa shape index (κ3) is 30.5. The van der Waals surface area contributed by atoms with Crippen molar-refractivity contribution in [2.45, 2.75) is 225 Å². The number of carbonyl (C=O) groups is 15. The molecule has 0 saturated heterocycles. The third-order valence-corrected chi connectivity index (χ3v) is 17.2. The number of hydrogen-bond donors (Lipinski definition) is 19. The molecule has 34 heteroatoms. The molecular weight excluding hydrogens is 1350 g/mol. The van der Waals surface area contributed by atoms with Gasteiger partial charge >= 0.3 is 11.9 Å². The van der Waals surface area contributed by atoms with Crippen LogP contribution >= 0.6 is 0 Å². The molecule has 23 N–H and O–H groups in total. The van der Waals surface area contributed by atoms with Gasteiger partial charge in [-0.05, 0) is 127 Å². The van der Waals surface area contributed by atoms with E-state index in [1.807, 2.05) is 6.07 Å². The highest BCUT2D eigenvalue weighted by atomic mass is 16.4. The average molecular weight is 1460 g/mol. The Morgan fingerprint density at radius 3 is 1.40 bits per heavy atom. The number of carboxylic acid groups (broad SMARTS) is 2. The van der Waals surface area contributed by atoms with Crippen molar-refractivity contribution < 1.29 is 82.1 Å². The molecule has 0 unspecified atom stereocenters. The van der Waals surface area contributed by atoms with Crippen LogP contribution in [0, 0.1) is 17.8 Å². The molecule has 0 aliphatic heterocycles. The van der Waals surface area contributed by atoms with E-state index in [0.29, 0.717) is 47.8 Å². The number of carboxylic acids is 2. The summed E-state index contributed by atoms with van der Waals surface area (Å²) in [7, 11) is 0. The van der Waals surface area contributed by atoms with Crippen molar-refractivity contribution in [1.82, 2.24) is 68.8 Å². The molecule has 0 spiro atoms. The summed E-state index contributed by atoms with van der Waals surface area (Å²) in [4.78, 5) is 206. The molecule has 2 aromatic carbocycles. The second kappa shape index (κ2) is 45.1. The van der Waals surface area contributed by atoms with Gasteiger partial charge in [0.15, 0.2) is 0 Å². The summed E-state index contributed by atoms with van der Waals surface area (Å²) >= 11 is 0. The number of carbonyl (C=O) groups excluding carboxylic acids is 13. The molecule has 0 fully saturated rings. The number of primary amides is 1. The van der Waals surface area contributed by atoms with Crippen molar-refractivity contribution in [3.63, 3.8) is 0 Å². The van der Waals surface area contributed by atoms with E-state index in [-0.39, 0.29) is 70.3 Å². The molecule has 13 amide bonds. The van der Waals surface area contributed by atoms with Crippen molar-refractivity contribution in [2.24, 2.45) is 40.7 Å². The molecule has 0 aliphatic rings. The number of nitrogens with two attached hydrogens (primary N) is 4. The lowest BCUT2D eigenvalue weighted by molar-refractivity contribution is -0.143. The zero-order valence-electron chi connectivity index (χ0n) is 60.8. The third-order valence-electron chi connectivity index (χ3n) is 17.2. The summed E-state index contributed by atoms with van der Waals surface area (Å²) in [5, 5.41) is 51.3. The summed E-state index contributed by atoms with van der Waals surface area (Å²) in [6.45, 7) is 14.2. The van der Waals surface area contributed by atoms with Crippen molar-refractivity contribution in [3.05, 3.63) is 71.9 Å². The minimum atomic E-state index is -1.68. The first-order valence-electron chi connectivity index (χ1n) is 35.2. The number of fused-ring (bicyclic) bond motifs is 1. The van der Waals surface area contributed by atoms with Crippen LogP contribution in [0.25, 0.3) is 10.9 Å². The monoisotopic (exact) mass is 1460 g/mol. The Bertz CT molecular complexity index is 3410. The molecule has 1 aromatic heterocycles. The second-order valence-corrected chi connectivity index (χ2v) is 26.7. The van der Waals surface area contributed by atoms with E-state index in [0.717, 1.165) is 0 Å². The zero-order valence-corrected chi connectivity index (χ0v) is 60.8. The van der Waals surface area contributed by atoms with Gasteiger partial charge in [0.05, 0.1) is 6.54 Å². The molecule has 3 rings (SSSR count). The molecule has 13 atom stereocenters. The first kappa shape index (κ1) is 88.1. The first-order chi connectivity index (χ1) is 49.1. The summed E-state index contributed by atoms with van der Waals surface area (Å²) in [5.41, 5.74) is 23.8. The van der Waals surface area contributed by atoms with E-state index in [1.54, 1.807) is 96.3 Å². The summed E-state index contributed by atoms with van der Waals surface area (Å²) in [6, 6.07) is -1.11. The highest BCUT2D eigenvalue weighted by Gasteiger charge is 2.38. The van der Waals surface area contributed by atoms with Crippen LogP contribution in [0.2, 0.25) is 0 Å².